The molecule has 1 aromatic carbocycles. The molecule has 0 saturated carbocycles. The van der Waals surface area contributed by atoms with Gasteiger partial charge in [0, 0.05) is 17.9 Å². The molecule has 0 aliphatic heterocycles. The molecular formula is C21H24O5. The molecular weight excluding hydrogens is 332 g/mol. The lowest BCUT2D eigenvalue weighted by Gasteiger charge is -2.13. The number of allylic oxidation sites excluding steroid dienone is 7. The zero-order valence-corrected chi connectivity index (χ0v) is 15.2. The minimum Gasteiger partial charge on any atom is -0.508 e. The molecule has 0 fully saturated rings. The van der Waals surface area contributed by atoms with Crippen LogP contribution >= 0.6 is 0 Å². The molecule has 3 N–H and O–H groups in total. The summed E-state index contributed by atoms with van der Waals surface area (Å²) in [6, 6.07) is 3.20. The monoisotopic (exact) mass is 356 g/mol. The Morgan fingerprint density at radius 1 is 1.27 bits per heavy atom. The number of aliphatic hydroxyl groups excluding tert-OH is 2. The first-order valence-electron chi connectivity index (χ1n) is 8.37. The van der Waals surface area contributed by atoms with Gasteiger partial charge in [0.15, 0.2) is 11.5 Å². The number of methoxy groups -OCH3 is 1. The standard InChI is InChI=1S/C21H24O5/c1-13(2)4-7-16-20(26-3)11-8-15(21(16)25)17(22)9-5-14-6-10-18(23)19(24)12-14/h4-6,8-11,14,23-25H,7,12H2,1-3H3. The zero-order valence-electron chi connectivity index (χ0n) is 15.2. The third kappa shape index (κ3) is 4.57. The van der Waals surface area contributed by atoms with Crippen LogP contribution in [0.15, 0.2) is 59.6 Å². The molecule has 0 spiro atoms. The highest BCUT2D eigenvalue weighted by molar-refractivity contribution is 6.07. The predicted octanol–water partition coefficient (Wildman–Crippen LogP) is 4.55. The highest BCUT2D eigenvalue weighted by atomic mass is 16.5. The Morgan fingerprint density at radius 3 is 2.62 bits per heavy atom. The Kier molecular flexibility index (Phi) is 6.28. The maximum atomic E-state index is 12.5. The topological polar surface area (TPSA) is 87.0 Å². The minimum absolute atomic E-state index is 0.0870. The molecule has 1 aliphatic rings. The zero-order chi connectivity index (χ0) is 19.3. The van der Waals surface area contributed by atoms with Crippen LogP contribution in [-0.2, 0) is 6.42 Å². The van der Waals surface area contributed by atoms with E-state index in [0.717, 1.165) is 5.57 Å². The number of carbonyl (C=O) groups is 1. The SMILES string of the molecule is COc1ccc(C(=O)C=CC2C=CC(O)=C(O)C2)c(O)c1CC=C(C)C. The van der Waals surface area contributed by atoms with Gasteiger partial charge < -0.3 is 20.1 Å². The van der Waals surface area contributed by atoms with Gasteiger partial charge in [0.05, 0.1) is 12.7 Å². The van der Waals surface area contributed by atoms with Gasteiger partial charge in [-0.05, 0) is 44.6 Å². The maximum absolute atomic E-state index is 12.5. The summed E-state index contributed by atoms with van der Waals surface area (Å²) in [5.41, 5.74) is 1.86. The molecule has 5 nitrogen and oxygen atoms in total. The summed E-state index contributed by atoms with van der Waals surface area (Å²) >= 11 is 0. The predicted molar refractivity (Wildman–Crippen MR) is 101 cm³/mol. The van der Waals surface area contributed by atoms with E-state index in [4.69, 9.17) is 4.74 Å². The van der Waals surface area contributed by atoms with Crippen molar-refractivity contribution in [1.82, 2.24) is 0 Å². The number of carbonyl (C=O) groups excluding carboxylic acids is 1. The summed E-state index contributed by atoms with van der Waals surface area (Å²) in [5, 5.41) is 29.5. The van der Waals surface area contributed by atoms with Crippen LogP contribution in [0.3, 0.4) is 0 Å². The molecule has 0 saturated heterocycles. The summed E-state index contributed by atoms with van der Waals surface area (Å²) in [4.78, 5) is 12.5. The van der Waals surface area contributed by atoms with Crippen molar-refractivity contribution >= 4 is 5.78 Å². The van der Waals surface area contributed by atoms with Crippen LogP contribution < -0.4 is 4.74 Å². The summed E-state index contributed by atoms with van der Waals surface area (Å²) in [7, 11) is 1.52. The number of ether oxygens (including phenoxy) is 1. The summed E-state index contributed by atoms with van der Waals surface area (Å²) in [6.07, 6.45) is 8.76. The Morgan fingerprint density at radius 2 is 2.00 bits per heavy atom. The van der Waals surface area contributed by atoms with Gasteiger partial charge in [0.25, 0.3) is 0 Å². The number of benzene rings is 1. The molecule has 0 radical (unpaired) electrons. The number of hydrogen-bond donors (Lipinski definition) is 3. The van der Waals surface area contributed by atoms with Crippen molar-refractivity contribution in [2.45, 2.75) is 26.7 Å². The molecule has 0 aromatic heterocycles. The van der Waals surface area contributed by atoms with E-state index in [1.807, 2.05) is 19.9 Å². The van der Waals surface area contributed by atoms with Gasteiger partial charge in [-0.25, -0.2) is 0 Å². The number of aliphatic hydroxyl groups is 2. The number of phenols is 1. The number of rotatable bonds is 6. The number of aromatic hydroxyl groups is 1. The highest BCUT2D eigenvalue weighted by Crippen LogP contribution is 2.33. The van der Waals surface area contributed by atoms with Crippen LogP contribution in [0.2, 0.25) is 0 Å². The lowest BCUT2D eigenvalue weighted by molar-refractivity contribution is 0.104. The van der Waals surface area contributed by atoms with Gasteiger partial charge in [-0.1, -0.05) is 23.8 Å². The van der Waals surface area contributed by atoms with Crippen molar-refractivity contribution < 1.29 is 24.9 Å². The van der Waals surface area contributed by atoms with Gasteiger partial charge in [0.2, 0.25) is 0 Å². The van der Waals surface area contributed by atoms with Crippen LogP contribution in [-0.4, -0.2) is 28.2 Å². The fourth-order valence-electron chi connectivity index (χ4n) is 2.65. The van der Waals surface area contributed by atoms with E-state index < -0.39 is 0 Å². The number of phenolic OH excluding ortho intramolecular Hbond substituents is 1. The lowest BCUT2D eigenvalue weighted by atomic mass is 9.96. The third-order valence-electron chi connectivity index (χ3n) is 4.16. The Labute approximate surface area is 153 Å². The number of hydrogen-bond acceptors (Lipinski definition) is 5. The molecule has 0 heterocycles. The fraction of sp³-hybridized carbons (Fsp3) is 0.286. The molecule has 1 aromatic rings. The van der Waals surface area contributed by atoms with E-state index in [0.29, 0.717) is 17.7 Å². The first-order chi connectivity index (χ1) is 12.3. The molecule has 2 rings (SSSR count). The van der Waals surface area contributed by atoms with Crippen LogP contribution in [0, 0.1) is 5.92 Å². The van der Waals surface area contributed by atoms with Gasteiger partial charge in [0.1, 0.15) is 17.3 Å². The van der Waals surface area contributed by atoms with E-state index in [1.54, 1.807) is 18.2 Å². The Balaban J connectivity index is 2.24. The third-order valence-corrected chi connectivity index (χ3v) is 4.16. The fourth-order valence-corrected chi connectivity index (χ4v) is 2.65. The molecule has 138 valence electrons. The smallest absolute Gasteiger partial charge is 0.189 e. The quantitative estimate of drug-likeness (QED) is 0.395. The van der Waals surface area contributed by atoms with Crippen molar-refractivity contribution in [2.75, 3.05) is 7.11 Å². The van der Waals surface area contributed by atoms with Crippen LogP contribution in [0.5, 0.6) is 11.5 Å². The Bertz CT molecular complexity index is 808. The summed E-state index contributed by atoms with van der Waals surface area (Å²) in [5.74, 6) is -0.350. The van der Waals surface area contributed by atoms with Crippen LogP contribution in [0.4, 0.5) is 0 Å². The molecule has 0 amide bonds. The normalized spacial score (nSPS) is 16.8. The van der Waals surface area contributed by atoms with Crippen molar-refractivity contribution in [2.24, 2.45) is 5.92 Å². The second-order valence-electron chi connectivity index (χ2n) is 6.41. The first kappa shape index (κ1) is 19.4. The van der Waals surface area contributed by atoms with Crippen LogP contribution in [0.1, 0.15) is 36.2 Å². The second-order valence-corrected chi connectivity index (χ2v) is 6.41. The van der Waals surface area contributed by atoms with Crippen molar-refractivity contribution in [1.29, 1.82) is 0 Å². The average molecular weight is 356 g/mol. The first-order valence-corrected chi connectivity index (χ1v) is 8.37. The molecule has 1 aliphatic carbocycles. The molecule has 1 atom stereocenters. The van der Waals surface area contributed by atoms with E-state index in [2.05, 4.69) is 0 Å². The van der Waals surface area contributed by atoms with Gasteiger partial charge >= 0.3 is 0 Å². The maximum Gasteiger partial charge on any atom is 0.189 e. The largest absolute Gasteiger partial charge is 0.508 e. The molecule has 0 bridgehead atoms. The lowest BCUT2D eigenvalue weighted by Crippen LogP contribution is -2.04. The highest BCUT2D eigenvalue weighted by Gasteiger charge is 2.17. The van der Waals surface area contributed by atoms with Gasteiger partial charge in [-0.15, -0.1) is 0 Å². The molecule has 1 unspecified atom stereocenters. The van der Waals surface area contributed by atoms with Crippen molar-refractivity contribution in [3.63, 3.8) is 0 Å². The van der Waals surface area contributed by atoms with E-state index in [1.165, 1.54) is 25.3 Å². The van der Waals surface area contributed by atoms with Crippen molar-refractivity contribution in [3.8, 4) is 11.5 Å². The molecule has 26 heavy (non-hydrogen) atoms. The number of ketones is 1. The minimum atomic E-state index is -0.338. The summed E-state index contributed by atoms with van der Waals surface area (Å²) < 4.78 is 5.29. The summed E-state index contributed by atoms with van der Waals surface area (Å²) in [6.45, 7) is 3.92. The average Bonchev–Trinajstić information content (AvgIpc) is 2.60. The van der Waals surface area contributed by atoms with Gasteiger partial charge in [-0.3, -0.25) is 4.79 Å². The Hall–Kier alpha value is -2.95. The van der Waals surface area contributed by atoms with Gasteiger partial charge in [-0.2, -0.15) is 0 Å². The second kappa shape index (κ2) is 8.43. The van der Waals surface area contributed by atoms with Crippen LogP contribution in [0.25, 0.3) is 0 Å². The van der Waals surface area contributed by atoms with Crippen molar-refractivity contribution in [3.05, 3.63) is 70.7 Å². The van der Waals surface area contributed by atoms with E-state index in [-0.39, 0.29) is 41.0 Å². The van der Waals surface area contributed by atoms with E-state index in [9.17, 15) is 20.1 Å². The molecule has 5 heteroatoms. The van der Waals surface area contributed by atoms with E-state index >= 15 is 0 Å².